The highest BCUT2D eigenvalue weighted by atomic mass is 32.2. The summed E-state index contributed by atoms with van der Waals surface area (Å²) in [5.41, 5.74) is 0.697. The molecule has 0 unspecified atom stereocenters. The van der Waals surface area contributed by atoms with Crippen molar-refractivity contribution in [1.29, 1.82) is 0 Å². The predicted molar refractivity (Wildman–Crippen MR) is 109 cm³/mol. The average molecular weight is 416 g/mol. The number of methoxy groups -OCH3 is 2. The minimum absolute atomic E-state index is 0.0263. The number of ether oxygens (including phenoxy) is 2. The molecule has 1 aromatic carbocycles. The lowest BCUT2D eigenvalue weighted by Crippen LogP contribution is -2.06. The molecule has 3 aromatic rings. The van der Waals surface area contributed by atoms with Crippen LogP contribution in [-0.2, 0) is 4.79 Å². The largest absolute Gasteiger partial charge is 0.497 e. The molecule has 10 heteroatoms. The van der Waals surface area contributed by atoms with Crippen LogP contribution in [0.3, 0.4) is 0 Å². The monoisotopic (exact) mass is 416 g/mol. The van der Waals surface area contributed by atoms with E-state index in [2.05, 4.69) is 15.2 Å². The second-order valence-corrected chi connectivity index (χ2v) is 7.06. The topological polar surface area (TPSA) is 114 Å². The van der Waals surface area contributed by atoms with E-state index < -0.39 is 5.97 Å². The molecule has 0 spiro atoms. The Hall–Kier alpha value is -3.40. The molecule has 2 aromatic heterocycles. The molecule has 152 valence electrons. The van der Waals surface area contributed by atoms with Crippen LogP contribution >= 0.6 is 11.8 Å². The molecule has 0 saturated carbocycles. The number of thioether (sulfide) groups is 1. The zero-order chi connectivity index (χ0) is 21.0. The fraction of sp³-hybridized carbons (Fsp3) is 0.211. The maximum absolute atomic E-state index is 11.7. The number of nitrogens with zero attached hydrogens (tertiary/aromatic N) is 3. The molecule has 2 heterocycles. The zero-order valence-electron chi connectivity index (χ0n) is 16.3. The summed E-state index contributed by atoms with van der Waals surface area (Å²) in [5, 5.41) is 16.7. The summed E-state index contributed by atoms with van der Waals surface area (Å²) < 4.78 is 16.1. The maximum atomic E-state index is 11.7. The first-order chi connectivity index (χ1) is 13.9. The number of carbonyl (C=O) groups is 1. The molecule has 0 aliphatic heterocycles. The maximum Gasteiger partial charge on any atom is 0.342 e. The minimum atomic E-state index is -1.10. The number of hydrogen-bond donors (Lipinski definition) is 2. The third-order valence-electron chi connectivity index (χ3n) is 3.83. The molecule has 0 aliphatic carbocycles. The molecule has 9 nitrogen and oxygen atoms in total. The molecular weight excluding hydrogens is 396 g/mol. The van der Waals surface area contributed by atoms with E-state index in [0.717, 1.165) is 11.8 Å². The molecule has 0 bridgehead atoms. The van der Waals surface area contributed by atoms with Crippen molar-refractivity contribution in [2.24, 2.45) is 0 Å². The van der Waals surface area contributed by atoms with Crippen molar-refractivity contribution in [3.8, 4) is 22.9 Å². The Balaban J connectivity index is 1.85. The first-order valence-corrected chi connectivity index (χ1v) is 9.27. The minimum Gasteiger partial charge on any atom is -0.497 e. The van der Waals surface area contributed by atoms with Crippen LogP contribution in [0.5, 0.6) is 11.5 Å². The van der Waals surface area contributed by atoms with Gasteiger partial charge in [0.2, 0.25) is 5.16 Å². The normalized spacial score (nSPS) is 11.4. The van der Waals surface area contributed by atoms with Crippen molar-refractivity contribution in [2.75, 3.05) is 33.2 Å². The fourth-order valence-electron chi connectivity index (χ4n) is 2.39. The number of aliphatic carboxylic acids is 1. The van der Waals surface area contributed by atoms with Gasteiger partial charge in [-0.15, -0.1) is 5.10 Å². The van der Waals surface area contributed by atoms with Gasteiger partial charge in [0.25, 0.3) is 0 Å². The molecule has 2 N–H and O–H groups in total. The van der Waals surface area contributed by atoms with Crippen molar-refractivity contribution >= 4 is 29.7 Å². The number of aromatic amines is 1. The van der Waals surface area contributed by atoms with Gasteiger partial charge in [-0.1, -0.05) is 0 Å². The Morgan fingerprint density at radius 2 is 1.90 bits per heavy atom. The van der Waals surface area contributed by atoms with Crippen LogP contribution in [0.15, 0.2) is 44.8 Å². The number of hydrogen-bond acceptors (Lipinski definition) is 8. The third-order valence-corrected chi connectivity index (χ3v) is 4.71. The van der Waals surface area contributed by atoms with E-state index in [1.165, 1.54) is 6.08 Å². The van der Waals surface area contributed by atoms with Crippen molar-refractivity contribution in [2.45, 2.75) is 5.16 Å². The van der Waals surface area contributed by atoms with Gasteiger partial charge >= 0.3 is 5.97 Å². The van der Waals surface area contributed by atoms with Gasteiger partial charge in [0.1, 0.15) is 22.2 Å². The Morgan fingerprint density at radius 3 is 2.45 bits per heavy atom. The molecule has 0 saturated heterocycles. The van der Waals surface area contributed by atoms with E-state index in [1.807, 2.05) is 14.1 Å². The van der Waals surface area contributed by atoms with Crippen LogP contribution in [-0.4, -0.2) is 54.6 Å². The van der Waals surface area contributed by atoms with Crippen LogP contribution < -0.4 is 14.4 Å². The van der Waals surface area contributed by atoms with Crippen molar-refractivity contribution in [3.05, 3.63) is 41.0 Å². The summed E-state index contributed by atoms with van der Waals surface area (Å²) >= 11 is 0.917. The number of carboxylic acids is 1. The SMILES string of the molecule is COc1cc(OC)cc(-c2nc(S/C(=C/c3ccc(N(C)C)o3)C(=O)O)n[nH]2)c1. The number of anilines is 1. The van der Waals surface area contributed by atoms with E-state index >= 15 is 0 Å². The van der Waals surface area contributed by atoms with Gasteiger partial charge in [0.15, 0.2) is 11.7 Å². The number of nitrogens with one attached hydrogen (secondary N) is 1. The first-order valence-electron chi connectivity index (χ1n) is 8.45. The van der Waals surface area contributed by atoms with E-state index in [-0.39, 0.29) is 10.1 Å². The lowest BCUT2D eigenvalue weighted by molar-refractivity contribution is -0.131. The molecule has 0 amide bonds. The summed E-state index contributed by atoms with van der Waals surface area (Å²) in [5.74, 6) is 1.61. The van der Waals surface area contributed by atoms with Gasteiger partial charge < -0.3 is 23.9 Å². The summed E-state index contributed by atoms with van der Waals surface area (Å²) in [6.07, 6.45) is 1.44. The van der Waals surface area contributed by atoms with Crippen LogP contribution in [0.1, 0.15) is 5.76 Å². The van der Waals surface area contributed by atoms with E-state index in [0.29, 0.717) is 34.5 Å². The Labute approximate surface area is 171 Å². The Kier molecular flexibility index (Phi) is 6.13. The number of aromatic nitrogens is 3. The molecule has 0 fully saturated rings. The van der Waals surface area contributed by atoms with Crippen LogP contribution in [0.4, 0.5) is 5.88 Å². The number of furan rings is 1. The highest BCUT2D eigenvalue weighted by Gasteiger charge is 2.16. The number of benzene rings is 1. The molecule has 3 rings (SSSR count). The van der Waals surface area contributed by atoms with Gasteiger partial charge in [-0.3, -0.25) is 5.10 Å². The van der Waals surface area contributed by atoms with Gasteiger partial charge in [-0.05, 0) is 30.0 Å². The quantitative estimate of drug-likeness (QED) is 0.421. The molecule has 0 radical (unpaired) electrons. The van der Waals surface area contributed by atoms with E-state index in [4.69, 9.17) is 13.9 Å². The second kappa shape index (κ2) is 8.74. The third kappa shape index (κ3) is 4.91. The van der Waals surface area contributed by atoms with Gasteiger partial charge in [0, 0.05) is 37.9 Å². The number of rotatable bonds is 8. The lowest BCUT2D eigenvalue weighted by atomic mass is 10.2. The summed E-state index contributed by atoms with van der Waals surface area (Å²) in [6.45, 7) is 0. The molecule has 0 aliphatic rings. The average Bonchev–Trinajstić information content (AvgIpc) is 3.36. The van der Waals surface area contributed by atoms with Crippen molar-refractivity contribution < 1.29 is 23.8 Å². The summed E-state index contributed by atoms with van der Waals surface area (Å²) in [4.78, 5) is 17.8. The Morgan fingerprint density at radius 1 is 1.21 bits per heavy atom. The first kappa shape index (κ1) is 20.3. The fourth-order valence-corrected chi connectivity index (χ4v) is 3.08. The predicted octanol–water partition coefficient (Wildman–Crippen LogP) is 3.37. The number of H-pyrrole nitrogens is 1. The zero-order valence-corrected chi connectivity index (χ0v) is 17.1. The lowest BCUT2D eigenvalue weighted by Gasteiger charge is -2.06. The van der Waals surface area contributed by atoms with Crippen molar-refractivity contribution in [1.82, 2.24) is 15.2 Å². The van der Waals surface area contributed by atoms with Crippen LogP contribution in [0, 0.1) is 0 Å². The Bertz CT molecular complexity index is 1020. The molecular formula is C19H20N4O5S. The summed E-state index contributed by atoms with van der Waals surface area (Å²) in [6, 6.07) is 8.75. The summed E-state index contributed by atoms with van der Waals surface area (Å²) in [7, 11) is 6.78. The van der Waals surface area contributed by atoms with Crippen molar-refractivity contribution in [3.63, 3.8) is 0 Å². The van der Waals surface area contributed by atoms with Gasteiger partial charge in [-0.25, -0.2) is 9.78 Å². The van der Waals surface area contributed by atoms with Gasteiger partial charge in [-0.2, -0.15) is 0 Å². The molecule has 0 atom stereocenters. The van der Waals surface area contributed by atoms with Crippen LogP contribution in [0.2, 0.25) is 0 Å². The van der Waals surface area contributed by atoms with E-state index in [9.17, 15) is 9.90 Å². The smallest absolute Gasteiger partial charge is 0.342 e. The number of carboxylic acid groups (broad SMARTS) is 1. The molecule has 29 heavy (non-hydrogen) atoms. The van der Waals surface area contributed by atoms with Gasteiger partial charge in [0.05, 0.1) is 14.2 Å². The van der Waals surface area contributed by atoms with E-state index in [1.54, 1.807) is 49.5 Å². The second-order valence-electron chi connectivity index (χ2n) is 6.05. The highest BCUT2D eigenvalue weighted by molar-refractivity contribution is 8.04. The standard InChI is InChI=1S/C19H20N4O5S/c1-23(2)16-6-5-12(28-16)10-15(18(24)25)29-19-20-17(21-22-19)11-7-13(26-3)9-14(8-11)27-4/h5-10H,1-4H3,(H,24,25)(H,20,21,22)/b15-10+. The van der Waals surface area contributed by atoms with Crippen LogP contribution in [0.25, 0.3) is 17.5 Å². The highest BCUT2D eigenvalue weighted by Crippen LogP contribution is 2.31.